The highest BCUT2D eigenvalue weighted by molar-refractivity contribution is 5.86. The lowest BCUT2D eigenvalue weighted by Crippen LogP contribution is -2.04. The normalized spacial score (nSPS) is 7.56. The number of aliphatic hydroxyl groups is 1. The fraction of sp³-hybridized carbons (Fsp3) is 0.333. The first-order chi connectivity index (χ1) is 12.6. The zero-order valence-electron chi connectivity index (χ0n) is 15.9. The van der Waals surface area contributed by atoms with Gasteiger partial charge in [0.15, 0.2) is 0 Å². The van der Waals surface area contributed by atoms with Crippen LogP contribution in [0.25, 0.3) is 0 Å². The quantitative estimate of drug-likeness (QED) is 0.377. The summed E-state index contributed by atoms with van der Waals surface area (Å²) in [6.07, 6.45) is 3.03. The Morgan fingerprint density at radius 3 is 1.52 bits per heavy atom. The summed E-state index contributed by atoms with van der Waals surface area (Å²) in [7, 11) is 1.33. The Labute approximate surface area is 159 Å². The highest BCUT2D eigenvalue weighted by Gasteiger charge is 1.95. The van der Waals surface area contributed by atoms with Gasteiger partial charge < -0.3 is 24.4 Å². The Balaban J connectivity index is -0.000000132. The molecule has 0 amide bonds. The molecule has 0 unspecified atom stereocenters. The van der Waals surface area contributed by atoms with E-state index >= 15 is 0 Å². The van der Waals surface area contributed by atoms with Gasteiger partial charge in [0.1, 0.15) is 6.61 Å². The Morgan fingerprint density at radius 1 is 0.963 bits per heavy atom. The van der Waals surface area contributed by atoms with Crippen molar-refractivity contribution >= 4 is 23.9 Å². The molecule has 0 saturated carbocycles. The smallest absolute Gasteiger partial charge is 0.332 e. The average molecular weight is 388 g/mol. The van der Waals surface area contributed by atoms with Crippen molar-refractivity contribution in [3.63, 3.8) is 0 Å². The Kier molecular flexibility index (Phi) is 29.3. The molecule has 0 rings (SSSR count). The van der Waals surface area contributed by atoms with E-state index in [1.54, 1.807) is 13.8 Å². The number of rotatable bonds is 7. The van der Waals surface area contributed by atoms with Crippen LogP contribution in [0.3, 0.4) is 0 Å². The van der Waals surface area contributed by atoms with E-state index < -0.39 is 11.9 Å². The SMILES string of the molecule is C=C(C)C(=O)OC.C=CC(=O)O.C=CC(=O)OCC.C=CC(=O)OCCO. The van der Waals surface area contributed by atoms with Gasteiger partial charge >= 0.3 is 23.9 Å². The number of carbonyl (C=O) groups is 4. The maximum atomic E-state index is 10.2. The number of hydrogen-bond donors (Lipinski definition) is 2. The standard InChI is InChI=1S/C5H8O3.2C5H8O2.C3H4O2/c1-2-5(7)8-4-3-6;1-4(2)5(6)7-3;1-3-5(6)7-4-2;1-2-3(4)5/h2,6H,1,3-4H2;1H2,2-3H3;3H,1,4H2,2H3;2H,1H2,(H,4,5). The van der Waals surface area contributed by atoms with Gasteiger partial charge in [-0.2, -0.15) is 0 Å². The number of aliphatic carboxylic acids is 1. The summed E-state index contributed by atoms with van der Waals surface area (Å²) in [6, 6.07) is 0. The first-order valence-electron chi connectivity index (χ1n) is 7.36. The van der Waals surface area contributed by atoms with Crippen LogP contribution in [0, 0.1) is 0 Å². The van der Waals surface area contributed by atoms with Gasteiger partial charge in [0.05, 0.1) is 20.3 Å². The van der Waals surface area contributed by atoms with Crippen LogP contribution >= 0.6 is 0 Å². The lowest BCUT2D eigenvalue weighted by Gasteiger charge is -1.94. The number of carboxylic acid groups (broad SMARTS) is 1. The van der Waals surface area contributed by atoms with Crippen molar-refractivity contribution < 1.29 is 43.6 Å². The van der Waals surface area contributed by atoms with Crippen molar-refractivity contribution in [1.82, 2.24) is 0 Å². The molecule has 0 spiro atoms. The highest BCUT2D eigenvalue weighted by Crippen LogP contribution is 1.87. The van der Waals surface area contributed by atoms with Crippen LogP contribution in [0.2, 0.25) is 0 Å². The molecule has 9 heteroatoms. The number of ether oxygens (including phenoxy) is 3. The van der Waals surface area contributed by atoms with Crippen molar-refractivity contribution in [3.8, 4) is 0 Å². The molecule has 0 aromatic rings. The average Bonchev–Trinajstić information content (AvgIpc) is 2.66. The first kappa shape index (κ1) is 31.6. The van der Waals surface area contributed by atoms with E-state index in [4.69, 9.17) is 10.2 Å². The van der Waals surface area contributed by atoms with Gasteiger partial charge in [0, 0.05) is 23.8 Å². The number of methoxy groups -OCH3 is 1. The van der Waals surface area contributed by atoms with Crippen molar-refractivity contribution in [2.75, 3.05) is 26.9 Å². The molecule has 0 saturated heterocycles. The predicted molar refractivity (Wildman–Crippen MR) is 99.7 cm³/mol. The second-order valence-electron chi connectivity index (χ2n) is 3.87. The molecule has 0 radical (unpaired) electrons. The van der Waals surface area contributed by atoms with Gasteiger partial charge in [-0.3, -0.25) is 0 Å². The molecule has 0 bridgehead atoms. The van der Waals surface area contributed by atoms with E-state index in [0.29, 0.717) is 12.2 Å². The zero-order valence-corrected chi connectivity index (χ0v) is 15.9. The summed E-state index contributed by atoms with van der Waals surface area (Å²) < 4.78 is 13.0. The van der Waals surface area contributed by atoms with Gasteiger partial charge in [-0.25, -0.2) is 19.2 Å². The summed E-state index contributed by atoms with van der Waals surface area (Å²) in [5.74, 6) is -2.19. The molecule has 0 atom stereocenters. The third-order valence-corrected chi connectivity index (χ3v) is 1.66. The molecule has 0 aromatic carbocycles. The van der Waals surface area contributed by atoms with Crippen molar-refractivity contribution in [3.05, 3.63) is 50.1 Å². The number of carbonyl (C=O) groups excluding carboxylic acids is 3. The summed E-state index contributed by atoms with van der Waals surface area (Å²) >= 11 is 0. The third-order valence-electron chi connectivity index (χ3n) is 1.66. The maximum Gasteiger partial charge on any atom is 0.332 e. The molecule has 154 valence electrons. The van der Waals surface area contributed by atoms with Crippen LogP contribution in [0.4, 0.5) is 0 Å². The van der Waals surface area contributed by atoms with E-state index in [1.165, 1.54) is 7.11 Å². The van der Waals surface area contributed by atoms with E-state index in [0.717, 1.165) is 18.2 Å². The number of esters is 3. The summed E-state index contributed by atoms with van der Waals surface area (Å²) in [5.41, 5.74) is 0.433. The van der Waals surface area contributed by atoms with Crippen LogP contribution in [0.1, 0.15) is 13.8 Å². The number of aliphatic hydroxyl groups excluding tert-OH is 1. The topological polar surface area (TPSA) is 136 Å². The highest BCUT2D eigenvalue weighted by atomic mass is 16.5. The summed E-state index contributed by atoms with van der Waals surface area (Å²) in [6.45, 7) is 16.4. The van der Waals surface area contributed by atoms with E-state index in [1.807, 2.05) is 0 Å². The van der Waals surface area contributed by atoms with Crippen LogP contribution in [-0.4, -0.2) is 61.0 Å². The van der Waals surface area contributed by atoms with Crippen molar-refractivity contribution in [2.24, 2.45) is 0 Å². The molecular weight excluding hydrogens is 360 g/mol. The van der Waals surface area contributed by atoms with Crippen LogP contribution in [-0.2, 0) is 33.4 Å². The van der Waals surface area contributed by atoms with Gasteiger partial charge in [-0.1, -0.05) is 26.3 Å². The van der Waals surface area contributed by atoms with E-state index in [2.05, 4.69) is 40.5 Å². The fourth-order valence-corrected chi connectivity index (χ4v) is 0.581. The van der Waals surface area contributed by atoms with Crippen molar-refractivity contribution in [1.29, 1.82) is 0 Å². The third kappa shape index (κ3) is 39.5. The van der Waals surface area contributed by atoms with E-state index in [-0.39, 0.29) is 25.2 Å². The second-order valence-corrected chi connectivity index (χ2v) is 3.87. The van der Waals surface area contributed by atoms with E-state index in [9.17, 15) is 19.2 Å². The Hall–Kier alpha value is -3.20. The van der Waals surface area contributed by atoms with Crippen LogP contribution in [0.5, 0.6) is 0 Å². The maximum absolute atomic E-state index is 10.2. The molecule has 0 aliphatic rings. The minimum atomic E-state index is -0.981. The van der Waals surface area contributed by atoms with Gasteiger partial charge in [0.2, 0.25) is 0 Å². The molecule has 0 fully saturated rings. The van der Waals surface area contributed by atoms with Crippen molar-refractivity contribution in [2.45, 2.75) is 13.8 Å². The predicted octanol–water partition coefficient (Wildman–Crippen LogP) is 1.44. The van der Waals surface area contributed by atoms with Crippen LogP contribution < -0.4 is 0 Å². The lowest BCUT2D eigenvalue weighted by molar-refractivity contribution is -0.139. The second kappa shape index (κ2) is 25.0. The summed E-state index contributed by atoms with van der Waals surface area (Å²) in [4.78, 5) is 39.6. The molecule has 0 aliphatic carbocycles. The van der Waals surface area contributed by atoms with Gasteiger partial charge in [-0.15, -0.1) is 0 Å². The largest absolute Gasteiger partial charge is 0.478 e. The Bertz CT molecular complexity index is 491. The Morgan fingerprint density at radius 2 is 1.37 bits per heavy atom. The molecule has 0 heterocycles. The number of hydrogen-bond acceptors (Lipinski definition) is 8. The minimum absolute atomic E-state index is 0.0465. The molecule has 9 nitrogen and oxygen atoms in total. The molecule has 2 N–H and O–H groups in total. The zero-order chi connectivity index (χ0) is 22.3. The number of carboxylic acids is 1. The first-order valence-corrected chi connectivity index (χ1v) is 7.36. The molecule has 0 aliphatic heterocycles. The minimum Gasteiger partial charge on any atom is -0.478 e. The summed E-state index contributed by atoms with van der Waals surface area (Å²) in [5, 5.41) is 15.7. The lowest BCUT2D eigenvalue weighted by atomic mass is 10.4. The monoisotopic (exact) mass is 388 g/mol. The van der Waals surface area contributed by atoms with Gasteiger partial charge in [-0.05, 0) is 13.8 Å². The molecule has 0 aromatic heterocycles. The van der Waals surface area contributed by atoms with Crippen LogP contribution in [0.15, 0.2) is 50.1 Å². The van der Waals surface area contributed by atoms with Gasteiger partial charge in [0.25, 0.3) is 0 Å². The molecule has 27 heavy (non-hydrogen) atoms. The fourth-order valence-electron chi connectivity index (χ4n) is 0.581. The molecular formula is C18H28O9.